The van der Waals surface area contributed by atoms with Gasteiger partial charge in [0.2, 0.25) is 5.91 Å². The second-order valence-corrected chi connectivity index (χ2v) is 11.4. The molecule has 2 aromatic carbocycles. The molecule has 2 aromatic rings. The summed E-state index contributed by atoms with van der Waals surface area (Å²) >= 11 is 1.70. The Balaban J connectivity index is 1.36. The fraction of sp³-hybridized carbons (Fsp3) is 0.536. The molecular formula is C28H36FN3O3S. The Hall–Kier alpha value is -2.13. The van der Waals surface area contributed by atoms with E-state index in [2.05, 4.69) is 22.2 Å². The molecule has 3 aliphatic rings. The van der Waals surface area contributed by atoms with Gasteiger partial charge in [0.25, 0.3) is 0 Å². The molecule has 2 fully saturated rings. The zero-order valence-corrected chi connectivity index (χ0v) is 21.7. The SMILES string of the molecule is COCCCCC1(CNC(=O)C2CC(NSC3CC3)CN(F)C2)c2ccccc2Oc2ccccc21. The number of carbonyl (C=O) groups is 1. The number of rotatable bonds is 11. The van der Waals surface area contributed by atoms with Crippen molar-refractivity contribution in [1.82, 2.24) is 15.2 Å². The van der Waals surface area contributed by atoms with Crippen LogP contribution in [0.25, 0.3) is 0 Å². The molecule has 6 nitrogen and oxygen atoms in total. The maximum Gasteiger partial charge on any atom is 0.224 e. The van der Waals surface area contributed by atoms with Crippen molar-refractivity contribution in [2.24, 2.45) is 5.92 Å². The van der Waals surface area contributed by atoms with Crippen molar-refractivity contribution in [2.75, 3.05) is 33.4 Å². The van der Waals surface area contributed by atoms with Crippen LogP contribution in [0, 0.1) is 5.92 Å². The second-order valence-electron chi connectivity index (χ2n) is 10.2. The molecule has 2 atom stereocenters. The molecule has 0 aromatic heterocycles. The molecule has 5 rings (SSSR count). The van der Waals surface area contributed by atoms with Crippen LogP contribution >= 0.6 is 11.9 Å². The van der Waals surface area contributed by atoms with E-state index in [1.165, 1.54) is 12.8 Å². The molecule has 194 valence electrons. The number of nitrogens with one attached hydrogen (secondary N) is 2. The van der Waals surface area contributed by atoms with E-state index >= 15 is 0 Å². The molecule has 2 aliphatic heterocycles. The van der Waals surface area contributed by atoms with Crippen molar-refractivity contribution < 1.29 is 18.7 Å². The molecule has 1 aliphatic carbocycles. The summed E-state index contributed by atoms with van der Waals surface area (Å²) in [7, 11) is 1.72. The lowest BCUT2D eigenvalue weighted by atomic mass is 9.69. The monoisotopic (exact) mass is 513 g/mol. The van der Waals surface area contributed by atoms with E-state index in [4.69, 9.17) is 9.47 Å². The van der Waals surface area contributed by atoms with E-state index in [0.717, 1.165) is 47.0 Å². The summed E-state index contributed by atoms with van der Waals surface area (Å²) in [6, 6.07) is 16.2. The Morgan fingerprint density at radius 2 is 1.81 bits per heavy atom. The lowest BCUT2D eigenvalue weighted by molar-refractivity contribution is -0.130. The minimum Gasteiger partial charge on any atom is -0.457 e. The lowest BCUT2D eigenvalue weighted by Crippen LogP contribution is -2.51. The molecule has 2 heterocycles. The summed E-state index contributed by atoms with van der Waals surface area (Å²) in [5.74, 6) is 1.17. The molecule has 2 unspecified atom stereocenters. The van der Waals surface area contributed by atoms with E-state index in [1.807, 2.05) is 36.4 Å². The fourth-order valence-corrected chi connectivity index (χ4v) is 6.40. The van der Waals surface area contributed by atoms with E-state index in [9.17, 15) is 9.28 Å². The van der Waals surface area contributed by atoms with E-state index < -0.39 is 11.3 Å². The Kier molecular flexibility index (Phi) is 8.15. The van der Waals surface area contributed by atoms with Gasteiger partial charge in [-0.05, 0) is 50.7 Å². The number of carbonyl (C=O) groups excluding carboxylic acids is 1. The molecule has 0 radical (unpaired) electrons. The van der Waals surface area contributed by atoms with Crippen LogP contribution in [0.15, 0.2) is 48.5 Å². The number of hydrogen-bond donors (Lipinski definition) is 2. The van der Waals surface area contributed by atoms with Gasteiger partial charge in [0.05, 0.1) is 5.92 Å². The van der Waals surface area contributed by atoms with Gasteiger partial charge in [-0.1, -0.05) is 48.3 Å². The first-order valence-electron chi connectivity index (χ1n) is 13.0. The number of unbranched alkanes of at least 4 members (excludes halogenated alkanes) is 1. The third-order valence-corrected chi connectivity index (χ3v) is 8.77. The first kappa shape index (κ1) is 25.5. The predicted molar refractivity (Wildman–Crippen MR) is 141 cm³/mol. The van der Waals surface area contributed by atoms with Crippen molar-refractivity contribution in [1.29, 1.82) is 0 Å². The summed E-state index contributed by atoms with van der Waals surface area (Å²) < 4.78 is 29.4. The number of para-hydroxylation sites is 2. The van der Waals surface area contributed by atoms with Gasteiger partial charge in [0, 0.05) is 61.2 Å². The van der Waals surface area contributed by atoms with Crippen LogP contribution < -0.4 is 14.8 Å². The van der Waals surface area contributed by atoms with Crippen molar-refractivity contribution in [3.8, 4) is 11.5 Å². The van der Waals surface area contributed by atoms with Gasteiger partial charge in [-0.2, -0.15) is 0 Å². The number of nitrogens with zero attached hydrogens (tertiary/aromatic N) is 1. The number of amides is 1. The summed E-state index contributed by atoms with van der Waals surface area (Å²) in [5.41, 5.74) is 1.73. The number of fused-ring (bicyclic) bond motifs is 2. The second kappa shape index (κ2) is 11.5. The van der Waals surface area contributed by atoms with Crippen molar-refractivity contribution in [2.45, 2.75) is 55.2 Å². The summed E-state index contributed by atoms with van der Waals surface area (Å²) in [6.45, 7) is 1.60. The average molecular weight is 514 g/mol. The highest BCUT2D eigenvalue weighted by Crippen LogP contribution is 2.50. The van der Waals surface area contributed by atoms with E-state index in [-0.39, 0.29) is 18.5 Å². The topological polar surface area (TPSA) is 62.8 Å². The molecular weight excluding hydrogens is 477 g/mol. The van der Waals surface area contributed by atoms with Crippen molar-refractivity contribution in [3.63, 3.8) is 0 Å². The Morgan fingerprint density at radius 3 is 2.47 bits per heavy atom. The van der Waals surface area contributed by atoms with Gasteiger partial charge < -0.3 is 14.8 Å². The zero-order valence-electron chi connectivity index (χ0n) is 20.9. The number of hydrogen-bond acceptors (Lipinski definition) is 6. The largest absolute Gasteiger partial charge is 0.457 e. The fourth-order valence-electron chi connectivity index (χ4n) is 5.47. The van der Waals surface area contributed by atoms with Crippen LogP contribution in [-0.2, 0) is 14.9 Å². The van der Waals surface area contributed by atoms with Gasteiger partial charge in [-0.25, -0.2) is 0 Å². The smallest absolute Gasteiger partial charge is 0.224 e. The molecule has 0 spiro atoms. The number of ether oxygens (including phenoxy) is 2. The number of benzene rings is 2. The van der Waals surface area contributed by atoms with Crippen LogP contribution in [0.5, 0.6) is 11.5 Å². The molecule has 36 heavy (non-hydrogen) atoms. The van der Waals surface area contributed by atoms with Crippen LogP contribution in [-0.4, -0.2) is 55.7 Å². The van der Waals surface area contributed by atoms with Gasteiger partial charge >= 0.3 is 0 Å². The van der Waals surface area contributed by atoms with Gasteiger partial charge in [-0.3, -0.25) is 9.52 Å². The molecule has 2 N–H and O–H groups in total. The van der Waals surface area contributed by atoms with Gasteiger partial charge in [-0.15, -0.1) is 9.60 Å². The third kappa shape index (κ3) is 5.72. The molecule has 8 heteroatoms. The molecule has 1 amide bonds. The van der Waals surface area contributed by atoms with Crippen LogP contribution in [0.3, 0.4) is 0 Å². The van der Waals surface area contributed by atoms with Crippen LogP contribution in [0.1, 0.15) is 49.7 Å². The minimum absolute atomic E-state index is 0.0300. The van der Waals surface area contributed by atoms with E-state index in [1.54, 1.807) is 19.1 Å². The maximum absolute atomic E-state index is 14.5. The Morgan fingerprint density at radius 1 is 1.11 bits per heavy atom. The Bertz CT molecular complexity index is 1000. The van der Waals surface area contributed by atoms with Gasteiger partial charge in [0.1, 0.15) is 11.5 Å². The first-order chi connectivity index (χ1) is 17.6. The average Bonchev–Trinajstić information content (AvgIpc) is 3.73. The standard InChI is InChI=1S/C28H36FN3O3S/c1-34-15-7-6-14-28(23-8-2-4-10-25(23)35-26-11-5-3-9-24(26)28)19-30-27(33)20-16-21(18-32(29)17-20)31-36-22-12-13-22/h2-5,8-11,20-22,31H,6-7,12-19H2,1H3,(H,30,33). The zero-order chi connectivity index (χ0) is 25.0. The molecule has 0 bridgehead atoms. The quantitative estimate of drug-likeness (QED) is 0.251. The first-order valence-corrected chi connectivity index (χ1v) is 13.9. The highest BCUT2D eigenvalue weighted by molar-refractivity contribution is 7.98. The highest BCUT2D eigenvalue weighted by Gasteiger charge is 2.42. The number of piperidine rings is 1. The number of methoxy groups -OCH3 is 1. The van der Waals surface area contributed by atoms with Crippen molar-refractivity contribution in [3.05, 3.63) is 59.7 Å². The maximum atomic E-state index is 14.5. The Labute approximate surface area is 217 Å². The summed E-state index contributed by atoms with van der Waals surface area (Å²) in [6.07, 6.45) is 5.79. The normalized spacial score (nSPS) is 22.8. The van der Waals surface area contributed by atoms with Gasteiger partial charge in [0.15, 0.2) is 0 Å². The molecule has 1 saturated heterocycles. The molecule has 1 saturated carbocycles. The van der Waals surface area contributed by atoms with E-state index in [0.29, 0.717) is 31.4 Å². The lowest BCUT2D eigenvalue weighted by Gasteiger charge is -2.41. The highest BCUT2D eigenvalue weighted by atomic mass is 32.2. The third-order valence-electron chi connectivity index (χ3n) is 7.49. The summed E-state index contributed by atoms with van der Waals surface area (Å²) in [4.78, 5) is 13.4. The predicted octanol–water partition coefficient (Wildman–Crippen LogP) is 4.99. The van der Waals surface area contributed by atoms with Crippen LogP contribution in [0.2, 0.25) is 0 Å². The number of halogens is 1. The van der Waals surface area contributed by atoms with Crippen molar-refractivity contribution >= 4 is 17.9 Å². The minimum atomic E-state index is -0.432. The van der Waals surface area contributed by atoms with Crippen LogP contribution in [0.4, 0.5) is 4.48 Å². The summed E-state index contributed by atoms with van der Waals surface area (Å²) in [5, 5.41) is 4.68.